The molecule has 0 amide bonds. The summed E-state index contributed by atoms with van der Waals surface area (Å²) in [7, 11) is 0. The zero-order valence-electron chi connectivity index (χ0n) is 14.7. The molecule has 1 N–H and O–H groups in total. The standard InChI is InChI=1S/C20H30O3/c1-12(2)14-10-17(22)19(4)11-18-20(5,23-18)9-8-16(21)13(3)6-7-15(14)19/h14-16,18,21H,1,3,6-11H2,2,4-5H3/t14-,15+,16+,18-,19-,20+/m1/s1. The molecule has 2 aliphatic carbocycles. The fourth-order valence-electron chi connectivity index (χ4n) is 4.82. The molecule has 6 atom stereocenters. The fourth-order valence-corrected chi connectivity index (χ4v) is 4.82. The maximum atomic E-state index is 12.8. The van der Waals surface area contributed by atoms with Gasteiger partial charge in [0.25, 0.3) is 0 Å². The Bertz CT molecular complexity index is 551. The molecule has 3 nitrogen and oxygen atoms in total. The Hall–Kier alpha value is -0.930. The highest BCUT2D eigenvalue weighted by Crippen LogP contribution is 2.56. The maximum absolute atomic E-state index is 12.8. The van der Waals surface area contributed by atoms with Crippen LogP contribution in [-0.2, 0) is 9.53 Å². The van der Waals surface area contributed by atoms with E-state index in [0.717, 1.165) is 36.8 Å². The average Bonchev–Trinajstić information content (AvgIpc) is 3.03. The number of rotatable bonds is 1. The summed E-state index contributed by atoms with van der Waals surface area (Å²) in [5.41, 5.74) is 1.49. The van der Waals surface area contributed by atoms with Crippen LogP contribution in [0, 0.1) is 17.3 Å². The van der Waals surface area contributed by atoms with Gasteiger partial charge in [-0.3, -0.25) is 4.79 Å². The van der Waals surface area contributed by atoms with E-state index in [0.29, 0.717) is 18.6 Å². The van der Waals surface area contributed by atoms with Crippen molar-refractivity contribution >= 4 is 5.78 Å². The summed E-state index contributed by atoms with van der Waals surface area (Å²) in [6.07, 6.45) is 4.32. The number of hydrogen-bond donors (Lipinski definition) is 1. The molecule has 128 valence electrons. The number of fused-ring (bicyclic) bond motifs is 2. The quantitative estimate of drug-likeness (QED) is 0.591. The van der Waals surface area contributed by atoms with Crippen molar-refractivity contribution in [3.8, 4) is 0 Å². The van der Waals surface area contributed by atoms with Crippen molar-refractivity contribution in [3.63, 3.8) is 0 Å². The lowest BCUT2D eigenvalue weighted by Gasteiger charge is -2.33. The lowest BCUT2D eigenvalue weighted by Crippen LogP contribution is -2.33. The third-order valence-electron chi connectivity index (χ3n) is 6.79. The molecule has 23 heavy (non-hydrogen) atoms. The Morgan fingerprint density at radius 1 is 1.35 bits per heavy atom. The van der Waals surface area contributed by atoms with Crippen LogP contribution in [0.4, 0.5) is 0 Å². The van der Waals surface area contributed by atoms with Crippen molar-refractivity contribution in [2.24, 2.45) is 17.3 Å². The number of hydrogen-bond acceptors (Lipinski definition) is 3. The Balaban J connectivity index is 1.92. The van der Waals surface area contributed by atoms with Gasteiger partial charge in [0.1, 0.15) is 5.78 Å². The summed E-state index contributed by atoms with van der Waals surface area (Å²) in [5, 5.41) is 10.3. The molecular formula is C20H30O3. The van der Waals surface area contributed by atoms with Gasteiger partial charge in [-0.25, -0.2) is 0 Å². The van der Waals surface area contributed by atoms with Gasteiger partial charge in [-0.15, -0.1) is 0 Å². The summed E-state index contributed by atoms with van der Waals surface area (Å²) in [4.78, 5) is 12.8. The molecule has 0 spiro atoms. The smallest absolute Gasteiger partial charge is 0.139 e. The van der Waals surface area contributed by atoms with E-state index in [1.54, 1.807) is 0 Å². The summed E-state index contributed by atoms with van der Waals surface area (Å²) in [6, 6.07) is 0. The Labute approximate surface area is 139 Å². The molecule has 3 rings (SSSR count). The summed E-state index contributed by atoms with van der Waals surface area (Å²) < 4.78 is 5.96. The first kappa shape index (κ1) is 16.9. The van der Waals surface area contributed by atoms with Crippen molar-refractivity contribution in [2.75, 3.05) is 0 Å². The molecule has 0 aromatic rings. The molecule has 3 fully saturated rings. The molecule has 1 saturated heterocycles. The first-order valence-corrected chi connectivity index (χ1v) is 8.89. The number of Topliss-reactive ketones (excluding diaryl/α,β-unsaturated/α-hetero) is 1. The Morgan fingerprint density at radius 3 is 2.70 bits per heavy atom. The van der Waals surface area contributed by atoms with E-state index in [1.807, 2.05) is 6.92 Å². The number of epoxide rings is 1. The lowest BCUT2D eigenvalue weighted by molar-refractivity contribution is -0.127. The Kier molecular flexibility index (Phi) is 4.09. The van der Waals surface area contributed by atoms with Crippen LogP contribution in [0.3, 0.4) is 0 Å². The van der Waals surface area contributed by atoms with Gasteiger partial charge in [0.05, 0.1) is 17.8 Å². The number of carbonyl (C=O) groups excluding carboxylic acids is 1. The van der Waals surface area contributed by atoms with Gasteiger partial charge in [0, 0.05) is 11.8 Å². The summed E-state index contributed by atoms with van der Waals surface area (Å²) in [6.45, 7) is 14.5. The molecule has 1 aliphatic heterocycles. The van der Waals surface area contributed by atoms with Gasteiger partial charge in [-0.1, -0.05) is 25.7 Å². The highest BCUT2D eigenvalue weighted by molar-refractivity contribution is 5.88. The van der Waals surface area contributed by atoms with Crippen LogP contribution in [0.2, 0.25) is 0 Å². The number of ether oxygens (including phenoxy) is 1. The van der Waals surface area contributed by atoms with E-state index in [-0.39, 0.29) is 29.0 Å². The third kappa shape index (κ3) is 2.83. The molecule has 0 radical (unpaired) electrons. The zero-order valence-corrected chi connectivity index (χ0v) is 14.7. The monoisotopic (exact) mass is 318 g/mol. The molecule has 3 heteroatoms. The Morgan fingerprint density at radius 2 is 2.04 bits per heavy atom. The number of aliphatic hydroxyl groups is 1. The highest BCUT2D eigenvalue weighted by Gasteiger charge is 2.60. The van der Waals surface area contributed by atoms with Crippen molar-refractivity contribution in [1.29, 1.82) is 0 Å². The SMILES string of the molecule is C=C(C)[C@H]1CC(=O)[C@]2(C)C[C@H]3O[C@@]3(C)CC[C@H](O)C(=C)CC[C@@H]12. The number of ketones is 1. The van der Waals surface area contributed by atoms with Crippen LogP contribution < -0.4 is 0 Å². The minimum absolute atomic E-state index is 0.140. The molecule has 1 heterocycles. The van der Waals surface area contributed by atoms with Crippen LogP contribution >= 0.6 is 0 Å². The predicted octanol–water partition coefficient (Wildman–Crippen LogP) is 3.81. The molecule has 0 aromatic carbocycles. The topological polar surface area (TPSA) is 49.8 Å². The minimum Gasteiger partial charge on any atom is -0.389 e. The molecule has 0 bridgehead atoms. The van der Waals surface area contributed by atoms with Gasteiger partial charge in [-0.05, 0) is 63.4 Å². The van der Waals surface area contributed by atoms with Gasteiger partial charge >= 0.3 is 0 Å². The zero-order chi connectivity index (χ0) is 17.0. The fraction of sp³-hybridized carbons (Fsp3) is 0.750. The minimum atomic E-state index is -0.457. The van der Waals surface area contributed by atoms with E-state index in [2.05, 4.69) is 27.0 Å². The van der Waals surface area contributed by atoms with Gasteiger partial charge in [0.2, 0.25) is 0 Å². The second kappa shape index (κ2) is 5.56. The first-order chi connectivity index (χ1) is 10.7. The van der Waals surface area contributed by atoms with Crippen LogP contribution in [0.15, 0.2) is 24.3 Å². The molecule has 0 aromatic heterocycles. The average molecular weight is 318 g/mol. The lowest BCUT2D eigenvalue weighted by atomic mass is 9.69. The van der Waals surface area contributed by atoms with Gasteiger partial charge in [0.15, 0.2) is 0 Å². The van der Waals surface area contributed by atoms with E-state index >= 15 is 0 Å². The van der Waals surface area contributed by atoms with Crippen LogP contribution in [0.5, 0.6) is 0 Å². The second-order valence-electron chi connectivity index (χ2n) is 8.48. The highest BCUT2D eigenvalue weighted by atomic mass is 16.6. The number of aliphatic hydroxyl groups excluding tert-OH is 1. The van der Waals surface area contributed by atoms with E-state index in [1.165, 1.54) is 0 Å². The first-order valence-electron chi connectivity index (χ1n) is 8.89. The van der Waals surface area contributed by atoms with Crippen LogP contribution in [-0.4, -0.2) is 28.7 Å². The maximum Gasteiger partial charge on any atom is 0.139 e. The van der Waals surface area contributed by atoms with Crippen LogP contribution in [0.25, 0.3) is 0 Å². The number of allylic oxidation sites excluding steroid dienone is 1. The van der Waals surface area contributed by atoms with E-state index < -0.39 is 6.10 Å². The molecular weight excluding hydrogens is 288 g/mol. The van der Waals surface area contributed by atoms with Gasteiger partial charge in [-0.2, -0.15) is 0 Å². The second-order valence-corrected chi connectivity index (χ2v) is 8.48. The molecule has 3 aliphatic rings. The largest absolute Gasteiger partial charge is 0.389 e. The van der Waals surface area contributed by atoms with Gasteiger partial charge < -0.3 is 9.84 Å². The molecule has 2 saturated carbocycles. The summed E-state index contributed by atoms with van der Waals surface area (Å²) >= 11 is 0. The van der Waals surface area contributed by atoms with Crippen molar-refractivity contribution in [3.05, 3.63) is 24.3 Å². The normalized spacial score (nSPS) is 47.5. The van der Waals surface area contributed by atoms with Crippen LogP contribution in [0.1, 0.15) is 59.3 Å². The van der Waals surface area contributed by atoms with Crippen molar-refractivity contribution in [2.45, 2.75) is 77.1 Å². The van der Waals surface area contributed by atoms with Crippen molar-refractivity contribution in [1.82, 2.24) is 0 Å². The van der Waals surface area contributed by atoms with Crippen molar-refractivity contribution < 1.29 is 14.6 Å². The number of carbonyl (C=O) groups is 1. The van der Waals surface area contributed by atoms with E-state index in [4.69, 9.17) is 4.74 Å². The van der Waals surface area contributed by atoms with E-state index in [9.17, 15) is 9.90 Å². The third-order valence-corrected chi connectivity index (χ3v) is 6.79. The predicted molar refractivity (Wildman–Crippen MR) is 91.0 cm³/mol. The summed E-state index contributed by atoms with van der Waals surface area (Å²) in [5.74, 6) is 0.893. The molecule has 0 unspecified atom stereocenters.